The van der Waals surface area contributed by atoms with Crippen LogP contribution in [0, 0.1) is 0 Å². The van der Waals surface area contributed by atoms with Crippen LogP contribution in [0.5, 0.6) is 11.6 Å². The van der Waals surface area contributed by atoms with Crippen molar-refractivity contribution in [3.8, 4) is 11.6 Å². The van der Waals surface area contributed by atoms with Crippen molar-refractivity contribution in [1.29, 1.82) is 0 Å². The number of thiazole rings is 1. The number of hydrogen-bond donors (Lipinski definition) is 5. The quantitative estimate of drug-likeness (QED) is 0.236. The van der Waals surface area contributed by atoms with Gasteiger partial charge < -0.3 is 25.6 Å². The molecular weight excluding hydrogens is 426 g/mol. The lowest BCUT2D eigenvalue weighted by molar-refractivity contribution is 0.107. The Bertz CT molecular complexity index is 1220. The van der Waals surface area contributed by atoms with Gasteiger partial charge in [0, 0.05) is 12.2 Å². The molecule has 3 aromatic carbocycles. The van der Waals surface area contributed by atoms with Crippen LogP contribution in [0.2, 0.25) is 0 Å². The maximum atomic E-state index is 11.2. The van der Waals surface area contributed by atoms with Crippen molar-refractivity contribution >= 4 is 32.8 Å². The average Bonchev–Trinajstić information content (AvgIpc) is 3.12. The molecule has 0 radical (unpaired) electrons. The third-order valence-electron chi connectivity index (χ3n) is 4.98. The van der Waals surface area contributed by atoms with Gasteiger partial charge in [-0.25, -0.2) is 0 Å². The molecule has 8 heteroatoms. The fourth-order valence-electron chi connectivity index (χ4n) is 3.30. The van der Waals surface area contributed by atoms with E-state index in [4.69, 9.17) is 4.74 Å². The van der Waals surface area contributed by atoms with Gasteiger partial charge in [-0.2, -0.15) is 0 Å². The fourth-order valence-corrected chi connectivity index (χ4v) is 3.95. The van der Waals surface area contributed by atoms with E-state index in [0.29, 0.717) is 11.5 Å². The standard InChI is InChI=1S/C24H25N3O4S/c28-20(15-31-21-10-7-17-3-1-2-4-18(17)13-21)14-25-12-11-16-5-8-19(9-6-16)26-23-22(29)27-24(30)32-23/h1-10,13,20,25-26,28-29H,11-12,14-15H2,(H,27,30)/t20-/m0/s1. The molecule has 0 fully saturated rings. The maximum absolute atomic E-state index is 11.2. The van der Waals surface area contributed by atoms with Crippen molar-refractivity contribution in [3.63, 3.8) is 0 Å². The number of anilines is 2. The van der Waals surface area contributed by atoms with E-state index in [9.17, 15) is 15.0 Å². The van der Waals surface area contributed by atoms with Crippen molar-refractivity contribution in [2.45, 2.75) is 12.5 Å². The molecule has 0 saturated heterocycles. The number of rotatable bonds is 10. The molecule has 0 aliphatic rings. The summed E-state index contributed by atoms with van der Waals surface area (Å²) in [7, 11) is 0. The highest BCUT2D eigenvalue weighted by Crippen LogP contribution is 2.27. The number of aromatic nitrogens is 1. The molecule has 0 aliphatic carbocycles. The molecule has 0 spiro atoms. The molecule has 7 nitrogen and oxygen atoms in total. The third kappa shape index (κ3) is 5.88. The molecule has 0 amide bonds. The van der Waals surface area contributed by atoms with Gasteiger partial charge in [-0.15, -0.1) is 0 Å². The Hall–Kier alpha value is -3.33. The Kier molecular flexibility index (Phi) is 7.06. The van der Waals surface area contributed by atoms with Crippen LogP contribution in [0.4, 0.5) is 10.7 Å². The summed E-state index contributed by atoms with van der Waals surface area (Å²) in [6.45, 7) is 1.39. The van der Waals surface area contributed by atoms with Gasteiger partial charge in [-0.1, -0.05) is 53.8 Å². The highest BCUT2D eigenvalue weighted by Gasteiger charge is 2.07. The molecule has 1 heterocycles. The largest absolute Gasteiger partial charge is 0.492 e. The monoisotopic (exact) mass is 451 g/mol. The van der Waals surface area contributed by atoms with E-state index in [1.807, 2.05) is 60.7 Å². The minimum atomic E-state index is -0.603. The van der Waals surface area contributed by atoms with Crippen LogP contribution in [-0.4, -0.2) is 41.0 Å². The first-order chi connectivity index (χ1) is 15.6. The summed E-state index contributed by atoms with van der Waals surface area (Å²) < 4.78 is 5.73. The molecule has 166 valence electrons. The van der Waals surface area contributed by atoms with Crippen LogP contribution in [0.3, 0.4) is 0 Å². The molecule has 1 aromatic heterocycles. The van der Waals surface area contributed by atoms with E-state index < -0.39 is 6.10 Å². The SMILES string of the molecule is O=c1[nH]c(O)c(Nc2ccc(CCNC[C@H](O)COc3ccc4ccccc4c3)cc2)s1. The molecule has 1 atom stereocenters. The number of ether oxygens (including phenoxy) is 1. The zero-order valence-corrected chi connectivity index (χ0v) is 18.2. The Balaban J connectivity index is 1.16. The Labute approximate surface area is 189 Å². The van der Waals surface area contributed by atoms with Crippen LogP contribution in [-0.2, 0) is 6.42 Å². The van der Waals surface area contributed by atoms with Crippen LogP contribution in [0.1, 0.15) is 5.56 Å². The lowest BCUT2D eigenvalue weighted by Crippen LogP contribution is -2.32. The van der Waals surface area contributed by atoms with Crippen molar-refractivity contribution in [1.82, 2.24) is 10.3 Å². The van der Waals surface area contributed by atoms with Gasteiger partial charge in [0.05, 0.1) is 0 Å². The van der Waals surface area contributed by atoms with Crippen molar-refractivity contribution in [2.24, 2.45) is 0 Å². The van der Waals surface area contributed by atoms with Crippen molar-refractivity contribution in [2.75, 3.05) is 25.0 Å². The summed E-state index contributed by atoms with van der Waals surface area (Å²) in [5.41, 5.74) is 1.92. The second-order valence-corrected chi connectivity index (χ2v) is 8.43. The van der Waals surface area contributed by atoms with Crippen LogP contribution in [0.25, 0.3) is 10.8 Å². The lowest BCUT2D eigenvalue weighted by Gasteiger charge is -2.14. The maximum Gasteiger partial charge on any atom is 0.309 e. The van der Waals surface area contributed by atoms with Crippen LogP contribution in [0.15, 0.2) is 71.5 Å². The van der Waals surface area contributed by atoms with Gasteiger partial charge in [0.25, 0.3) is 0 Å². The normalized spacial score (nSPS) is 12.0. The zero-order chi connectivity index (χ0) is 22.3. The Morgan fingerprint density at radius 1 is 1.03 bits per heavy atom. The average molecular weight is 452 g/mol. The fraction of sp³-hybridized carbons (Fsp3) is 0.208. The number of nitrogens with one attached hydrogen (secondary N) is 3. The number of aromatic hydroxyl groups is 1. The number of fused-ring (bicyclic) bond motifs is 1. The van der Waals surface area contributed by atoms with Crippen molar-refractivity contribution in [3.05, 3.63) is 82.0 Å². The molecule has 0 unspecified atom stereocenters. The van der Waals surface area contributed by atoms with Crippen molar-refractivity contribution < 1.29 is 14.9 Å². The van der Waals surface area contributed by atoms with E-state index in [1.165, 1.54) is 0 Å². The lowest BCUT2D eigenvalue weighted by atomic mass is 10.1. The summed E-state index contributed by atoms with van der Waals surface area (Å²) in [5, 5.41) is 28.7. The van der Waals surface area contributed by atoms with E-state index >= 15 is 0 Å². The second-order valence-electron chi connectivity index (χ2n) is 7.44. The molecular formula is C24H25N3O4S. The second kappa shape index (κ2) is 10.3. The predicted octanol–water partition coefficient (Wildman–Crippen LogP) is 3.61. The van der Waals surface area contributed by atoms with Gasteiger partial charge in [0.1, 0.15) is 18.5 Å². The number of H-pyrrole nitrogens is 1. The topological polar surface area (TPSA) is 107 Å². The smallest absolute Gasteiger partial charge is 0.309 e. The summed E-state index contributed by atoms with van der Waals surface area (Å²) in [6.07, 6.45) is 0.204. The van der Waals surface area contributed by atoms with Gasteiger partial charge in [0.15, 0.2) is 5.00 Å². The summed E-state index contributed by atoms with van der Waals surface area (Å²) in [6, 6.07) is 21.7. The van der Waals surface area contributed by atoms with E-state index in [0.717, 1.165) is 52.1 Å². The van der Waals surface area contributed by atoms with Gasteiger partial charge in [-0.3, -0.25) is 9.78 Å². The number of aromatic amines is 1. The molecule has 4 aromatic rings. The first-order valence-corrected chi connectivity index (χ1v) is 11.2. The summed E-state index contributed by atoms with van der Waals surface area (Å²) >= 11 is 0.920. The minimum Gasteiger partial charge on any atom is -0.492 e. The van der Waals surface area contributed by atoms with E-state index in [2.05, 4.69) is 21.7 Å². The minimum absolute atomic E-state index is 0.156. The molecule has 32 heavy (non-hydrogen) atoms. The molecule has 0 saturated carbocycles. The Morgan fingerprint density at radius 3 is 2.56 bits per heavy atom. The molecule has 0 aliphatic heterocycles. The number of hydrogen-bond acceptors (Lipinski definition) is 7. The summed E-state index contributed by atoms with van der Waals surface area (Å²) in [4.78, 5) is 13.3. The molecule has 4 rings (SSSR count). The number of aliphatic hydroxyl groups excluding tert-OH is 1. The zero-order valence-electron chi connectivity index (χ0n) is 17.4. The van der Waals surface area contributed by atoms with Gasteiger partial charge >= 0.3 is 4.87 Å². The van der Waals surface area contributed by atoms with E-state index in [1.54, 1.807) is 0 Å². The van der Waals surface area contributed by atoms with E-state index in [-0.39, 0.29) is 17.4 Å². The van der Waals surface area contributed by atoms with Crippen LogP contribution >= 0.6 is 11.3 Å². The third-order valence-corrected chi connectivity index (χ3v) is 5.76. The molecule has 5 N–H and O–H groups in total. The Morgan fingerprint density at radius 2 is 1.81 bits per heavy atom. The first kappa shape index (κ1) is 21.9. The van der Waals surface area contributed by atoms with Gasteiger partial charge in [-0.05, 0) is 53.6 Å². The van der Waals surface area contributed by atoms with Gasteiger partial charge in [0.2, 0.25) is 5.88 Å². The predicted molar refractivity (Wildman–Crippen MR) is 128 cm³/mol. The first-order valence-electron chi connectivity index (χ1n) is 10.4. The van der Waals surface area contributed by atoms with Crippen LogP contribution < -0.4 is 20.2 Å². The number of benzene rings is 3. The summed E-state index contributed by atoms with van der Waals surface area (Å²) in [5.74, 6) is 0.591. The highest BCUT2D eigenvalue weighted by molar-refractivity contribution is 7.13. The highest BCUT2D eigenvalue weighted by atomic mass is 32.1. The molecule has 0 bridgehead atoms. The number of aliphatic hydroxyl groups is 1.